The average molecular weight is 390 g/mol. The first-order valence-electron chi connectivity index (χ1n) is 9.62. The van der Waals surface area contributed by atoms with Gasteiger partial charge in [0.2, 0.25) is 0 Å². The Labute approximate surface area is 166 Å². The van der Waals surface area contributed by atoms with E-state index in [2.05, 4.69) is 6.58 Å². The summed E-state index contributed by atoms with van der Waals surface area (Å²) in [7, 11) is 1.31. The van der Waals surface area contributed by atoms with Crippen LogP contribution in [0.2, 0.25) is 0 Å². The minimum atomic E-state index is -1.02. The number of aliphatic carboxylic acids is 1. The van der Waals surface area contributed by atoms with Crippen molar-refractivity contribution in [2.75, 3.05) is 20.3 Å². The summed E-state index contributed by atoms with van der Waals surface area (Å²) in [5.41, 5.74) is 1.04. The Hall–Kier alpha value is -2.34. The van der Waals surface area contributed by atoms with Crippen LogP contribution >= 0.6 is 0 Å². The third kappa shape index (κ3) is 5.13. The van der Waals surface area contributed by atoms with Gasteiger partial charge in [-0.25, -0.2) is 0 Å². The lowest BCUT2D eigenvalue weighted by molar-refractivity contribution is -0.161. The van der Waals surface area contributed by atoms with Gasteiger partial charge in [-0.15, -0.1) is 0 Å². The maximum Gasteiger partial charge on any atom is 0.312 e. The molecule has 3 atom stereocenters. The van der Waals surface area contributed by atoms with Crippen LogP contribution in [-0.4, -0.2) is 42.5 Å². The molecule has 0 aromatic heterocycles. The maximum atomic E-state index is 12.5. The van der Waals surface area contributed by atoms with Gasteiger partial charge in [-0.1, -0.05) is 24.3 Å². The van der Waals surface area contributed by atoms with Crippen LogP contribution in [0, 0.1) is 11.3 Å². The minimum Gasteiger partial charge on any atom is -0.494 e. The van der Waals surface area contributed by atoms with Crippen molar-refractivity contribution in [1.82, 2.24) is 0 Å². The number of rotatable bonds is 9. The molecule has 0 saturated heterocycles. The van der Waals surface area contributed by atoms with Gasteiger partial charge in [-0.2, -0.15) is 0 Å². The molecule has 0 aliphatic heterocycles. The molecule has 1 aromatic carbocycles. The monoisotopic (exact) mass is 390 g/mol. The number of carboxylic acids is 1. The maximum absolute atomic E-state index is 12.5. The zero-order valence-corrected chi connectivity index (χ0v) is 16.6. The van der Waals surface area contributed by atoms with E-state index in [1.54, 1.807) is 0 Å². The van der Waals surface area contributed by atoms with Crippen LogP contribution in [0.3, 0.4) is 0 Å². The molecule has 0 amide bonds. The summed E-state index contributed by atoms with van der Waals surface area (Å²) in [6.07, 6.45) is 1.91. The first-order chi connectivity index (χ1) is 13.3. The number of allylic oxidation sites excluding steroid dienone is 1. The van der Waals surface area contributed by atoms with E-state index in [0.717, 1.165) is 11.1 Å². The number of ether oxygens (including phenoxy) is 2. The van der Waals surface area contributed by atoms with Crippen LogP contribution < -0.4 is 4.74 Å². The van der Waals surface area contributed by atoms with Crippen molar-refractivity contribution in [2.45, 2.75) is 44.9 Å². The van der Waals surface area contributed by atoms with Crippen molar-refractivity contribution in [1.29, 1.82) is 0 Å². The third-order valence-electron chi connectivity index (χ3n) is 5.65. The van der Waals surface area contributed by atoms with Crippen LogP contribution in [0.25, 0.3) is 0 Å². The number of aliphatic hydroxyl groups is 1. The second kappa shape index (κ2) is 9.73. The summed E-state index contributed by atoms with van der Waals surface area (Å²) in [5.74, 6) is -0.580. The lowest BCUT2D eigenvalue weighted by Crippen LogP contribution is -2.41. The van der Waals surface area contributed by atoms with E-state index in [1.165, 1.54) is 7.11 Å². The number of aliphatic hydroxyl groups excluding tert-OH is 1. The van der Waals surface area contributed by atoms with Crippen LogP contribution in [-0.2, 0) is 14.3 Å². The fourth-order valence-corrected chi connectivity index (χ4v) is 4.23. The van der Waals surface area contributed by atoms with Gasteiger partial charge in [0.1, 0.15) is 5.75 Å². The fraction of sp³-hybridized carbons (Fsp3) is 0.545. The second-order valence-corrected chi connectivity index (χ2v) is 7.64. The molecule has 1 aliphatic carbocycles. The quantitative estimate of drug-likeness (QED) is 0.381. The summed E-state index contributed by atoms with van der Waals surface area (Å²) >= 11 is 0. The third-order valence-corrected chi connectivity index (χ3v) is 5.65. The van der Waals surface area contributed by atoms with Crippen molar-refractivity contribution < 1.29 is 29.3 Å². The number of hydrogen-bond acceptors (Lipinski definition) is 5. The Morgan fingerprint density at radius 2 is 1.96 bits per heavy atom. The summed E-state index contributed by atoms with van der Waals surface area (Å²) in [4.78, 5) is 24.0. The largest absolute Gasteiger partial charge is 0.494 e. The molecule has 1 fully saturated rings. The van der Waals surface area contributed by atoms with E-state index in [-0.39, 0.29) is 24.9 Å². The van der Waals surface area contributed by atoms with Gasteiger partial charge in [0.15, 0.2) is 0 Å². The average Bonchev–Trinajstić information content (AvgIpc) is 2.67. The molecule has 0 heterocycles. The van der Waals surface area contributed by atoms with Gasteiger partial charge in [0.05, 0.1) is 25.6 Å². The van der Waals surface area contributed by atoms with E-state index < -0.39 is 17.4 Å². The lowest BCUT2D eigenvalue weighted by Gasteiger charge is -2.43. The Bertz CT molecular complexity index is 695. The first-order valence-corrected chi connectivity index (χ1v) is 9.62. The summed E-state index contributed by atoms with van der Waals surface area (Å²) in [6.45, 7) is 6.62. The number of methoxy groups -OCH3 is 1. The predicted octanol–water partition coefficient (Wildman–Crippen LogP) is 3.54. The molecule has 28 heavy (non-hydrogen) atoms. The molecule has 1 saturated carbocycles. The molecular weight excluding hydrogens is 360 g/mol. The number of esters is 1. The Kier molecular flexibility index (Phi) is 7.63. The Balaban J connectivity index is 2.29. The molecule has 0 bridgehead atoms. The molecule has 0 spiro atoms. The van der Waals surface area contributed by atoms with E-state index in [1.807, 2.05) is 31.2 Å². The zero-order valence-electron chi connectivity index (χ0n) is 16.6. The van der Waals surface area contributed by atoms with Crippen molar-refractivity contribution in [3.63, 3.8) is 0 Å². The van der Waals surface area contributed by atoms with Crippen LogP contribution in [0.15, 0.2) is 36.4 Å². The molecule has 1 aromatic rings. The van der Waals surface area contributed by atoms with Crippen molar-refractivity contribution in [2.24, 2.45) is 11.3 Å². The van der Waals surface area contributed by atoms with E-state index in [0.29, 0.717) is 38.0 Å². The highest BCUT2D eigenvalue weighted by molar-refractivity contribution is 5.83. The highest BCUT2D eigenvalue weighted by atomic mass is 16.5. The summed E-state index contributed by atoms with van der Waals surface area (Å²) in [6, 6.07) is 7.66. The highest BCUT2D eigenvalue weighted by Gasteiger charge is 2.48. The standard InChI is InChI=1S/C22H30O6/c1-15(2)18-9-10-22(14-20(24)25,21(26)27-3)13-19(18)16-5-7-17(8-6-16)28-12-4-11-23/h5-8,18-19,23H,1,4,9-14H2,2-3H3,(H,24,25)/t18-,19-,22-/m0/s1. The number of benzene rings is 1. The number of carboxylic acid groups (broad SMARTS) is 1. The molecular formula is C22H30O6. The molecule has 1 aliphatic rings. The van der Waals surface area contributed by atoms with Gasteiger partial charge in [0.25, 0.3) is 0 Å². The molecule has 0 radical (unpaired) electrons. The smallest absolute Gasteiger partial charge is 0.312 e. The Morgan fingerprint density at radius 3 is 2.50 bits per heavy atom. The molecule has 6 heteroatoms. The number of hydrogen-bond donors (Lipinski definition) is 2. The number of carbonyl (C=O) groups excluding carboxylic acids is 1. The van der Waals surface area contributed by atoms with Crippen LogP contribution in [0.4, 0.5) is 0 Å². The van der Waals surface area contributed by atoms with Gasteiger partial charge in [0, 0.05) is 13.0 Å². The molecule has 2 N–H and O–H groups in total. The molecule has 0 unspecified atom stereocenters. The normalized spacial score (nSPS) is 24.4. The SMILES string of the molecule is C=C(C)[C@@H]1CC[C@](CC(=O)O)(C(=O)OC)C[C@H]1c1ccc(OCCCO)cc1. The number of carbonyl (C=O) groups is 2. The lowest BCUT2D eigenvalue weighted by atomic mass is 9.61. The highest BCUT2D eigenvalue weighted by Crippen LogP contribution is 2.51. The summed E-state index contributed by atoms with van der Waals surface area (Å²) < 4.78 is 10.6. The van der Waals surface area contributed by atoms with Gasteiger partial charge in [-0.3, -0.25) is 9.59 Å². The van der Waals surface area contributed by atoms with Crippen molar-refractivity contribution in [3.8, 4) is 5.75 Å². The van der Waals surface area contributed by atoms with Gasteiger partial charge in [-0.05, 0) is 55.7 Å². The van der Waals surface area contributed by atoms with Crippen molar-refractivity contribution in [3.05, 3.63) is 42.0 Å². The molecule has 6 nitrogen and oxygen atoms in total. The van der Waals surface area contributed by atoms with E-state index in [9.17, 15) is 14.7 Å². The first kappa shape index (κ1) is 22.0. The van der Waals surface area contributed by atoms with E-state index >= 15 is 0 Å². The van der Waals surface area contributed by atoms with E-state index in [4.69, 9.17) is 14.6 Å². The van der Waals surface area contributed by atoms with Crippen LogP contribution in [0.1, 0.15) is 50.5 Å². The molecule has 154 valence electrons. The van der Waals surface area contributed by atoms with Crippen molar-refractivity contribution >= 4 is 11.9 Å². The summed E-state index contributed by atoms with van der Waals surface area (Å²) in [5, 5.41) is 18.2. The molecule has 2 rings (SSSR count). The van der Waals surface area contributed by atoms with Gasteiger partial charge < -0.3 is 19.7 Å². The fourth-order valence-electron chi connectivity index (χ4n) is 4.23. The zero-order chi connectivity index (χ0) is 20.7. The Morgan fingerprint density at radius 1 is 1.29 bits per heavy atom. The second-order valence-electron chi connectivity index (χ2n) is 7.64. The van der Waals surface area contributed by atoms with Crippen LogP contribution in [0.5, 0.6) is 5.75 Å². The minimum absolute atomic E-state index is 0.0174. The van der Waals surface area contributed by atoms with Gasteiger partial charge >= 0.3 is 11.9 Å². The topological polar surface area (TPSA) is 93.1 Å². The predicted molar refractivity (Wildman–Crippen MR) is 105 cm³/mol.